The molecule has 2 aliphatic rings. The van der Waals surface area contributed by atoms with Gasteiger partial charge in [-0.05, 0) is 61.0 Å². The van der Waals surface area contributed by atoms with Crippen molar-refractivity contribution in [1.29, 1.82) is 0 Å². The normalized spacial score (nSPS) is 17.7. The van der Waals surface area contributed by atoms with Crippen LogP contribution >= 0.6 is 0 Å². The fraction of sp³-hybridized carbons (Fsp3) is 0.265. The number of pyridine rings is 1. The molecule has 2 aliphatic heterocycles. The summed E-state index contributed by atoms with van der Waals surface area (Å²) in [5.74, 6) is 2.47. The van der Waals surface area contributed by atoms with Gasteiger partial charge >= 0.3 is 6.01 Å². The van der Waals surface area contributed by atoms with E-state index >= 15 is 0 Å². The van der Waals surface area contributed by atoms with E-state index in [-0.39, 0.29) is 17.3 Å². The lowest BCUT2D eigenvalue weighted by Gasteiger charge is -2.14. The molecular weight excluding hydrogens is 548 g/mol. The standard InChI is InChI=1S/C27H19FN4O2.C7H12FN/c1-3-19-22(28)10-9-17-11-18(33)12-20(25(17)19)23-13-24-21(15-30-27(32-24)34-2)26(31-23)29-14-16-7-5-4-6-8-16;8-6-4-7-2-1-3-9(7)5-6/h1,4-13,15,33H,14H2,2H3,(H,29,31);6-7H,1-5H2. The number of phenolic OH excluding ortho intramolecular Hbond substituents is 1. The number of rotatable bonds is 5. The monoisotopic (exact) mass is 579 g/mol. The molecule has 0 spiro atoms. The van der Waals surface area contributed by atoms with E-state index in [1.165, 1.54) is 32.1 Å². The van der Waals surface area contributed by atoms with Crippen molar-refractivity contribution >= 4 is 27.5 Å². The van der Waals surface area contributed by atoms with Crippen LogP contribution in [-0.2, 0) is 6.54 Å². The number of hydrogen-bond donors (Lipinski definition) is 2. The molecular formula is C34H31F2N5O2. The van der Waals surface area contributed by atoms with E-state index in [0.717, 1.165) is 18.5 Å². The van der Waals surface area contributed by atoms with Crippen LogP contribution in [-0.4, -0.2) is 57.4 Å². The lowest BCUT2D eigenvalue weighted by Crippen LogP contribution is -2.22. The zero-order valence-corrected chi connectivity index (χ0v) is 23.7. The second-order valence-electron chi connectivity index (χ2n) is 10.8. The molecule has 2 N–H and O–H groups in total. The Morgan fingerprint density at radius 2 is 1.98 bits per heavy atom. The van der Waals surface area contributed by atoms with E-state index in [2.05, 4.69) is 26.1 Å². The molecule has 3 aromatic carbocycles. The van der Waals surface area contributed by atoms with Crippen LogP contribution in [0.5, 0.6) is 11.8 Å². The third-order valence-electron chi connectivity index (χ3n) is 7.97. The van der Waals surface area contributed by atoms with Gasteiger partial charge in [-0.15, -0.1) is 6.42 Å². The largest absolute Gasteiger partial charge is 0.508 e. The molecule has 0 saturated carbocycles. The van der Waals surface area contributed by atoms with Crippen molar-refractivity contribution in [3.05, 3.63) is 83.8 Å². The van der Waals surface area contributed by atoms with E-state index in [0.29, 0.717) is 57.9 Å². The van der Waals surface area contributed by atoms with Crippen molar-refractivity contribution in [2.24, 2.45) is 0 Å². The highest BCUT2D eigenvalue weighted by molar-refractivity contribution is 6.03. The number of alkyl halides is 1. The van der Waals surface area contributed by atoms with E-state index in [1.54, 1.807) is 24.4 Å². The number of halogens is 2. The van der Waals surface area contributed by atoms with Gasteiger partial charge in [-0.1, -0.05) is 42.3 Å². The highest BCUT2D eigenvalue weighted by atomic mass is 19.1. The second kappa shape index (κ2) is 12.2. The summed E-state index contributed by atoms with van der Waals surface area (Å²) in [6, 6.07) is 18.4. The van der Waals surface area contributed by atoms with Gasteiger partial charge in [-0.25, -0.2) is 18.7 Å². The van der Waals surface area contributed by atoms with Crippen molar-refractivity contribution in [3.63, 3.8) is 0 Å². The Morgan fingerprint density at radius 3 is 2.74 bits per heavy atom. The van der Waals surface area contributed by atoms with E-state index in [9.17, 15) is 13.9 Å². The number of aromatic nitrogens is 3. The Bertz CT molecular complexity index is 1810. The zero-order valence-electron chi connectivity index (χ0n) is 23.7. The molecule has 0 aliphatic carbocycles. The molecule has 9 heteroatoms. The number of methoxy groups -OCH3 is 1. The summed E-state index contributed by atoms with van der Waals surface area (Å²) in [4.78, 5) is 15.8. The van der Waals surface area contributed by atoms with Crippen LogP contribution in [0.3, 0.4) is 0 Å². The van der Waals surface area contributed by atoms with Crippen molar-refractivity contribution in [2.45, 2.75) is 38.0 Å². The molecule has 2 fully saturated rings. The second-order valence-corrected chi connectivity index (χ2v) is 10.8. The Hall–Kier alpha value is -4.81. The maximum absolute atomic E-state index is 14.6. The van der Waals surface area contributed by atoms with Crippen LogP contribution in [0, 0.1) is 18.2 Å². The molecule has 2 aromatic heterocycles. The van der Waals surface area contributed by atoms with Gasteiger partial charge in [0.2, 0.25) is 0 Å². The number of ether oxygens (including phenoxy) is 1. The van der Waals surface area contributed by atoms with Crippen molar-refractivity contribution in [3.8, 4) is 35.4 Å². The molecule has 2 unspecified atom stereocenters. The fourth-order valence-electron chi connectivity index (χ4n) is 5.96. The first-order valence-electron chi connectivity index (χ1n) is 14.2. The maximum Gasteiger partial charge on any atom is 0.316 e. The van der Waals surface area contributed by atoms with Crippen LogP contribution in [0.15, 0.2) is 66.9 Å². The highest BCUT2D eigenvalue weighted by Crippen LogP contribution is 2.37. The average molecular weight is 580 g/mol. The molecule has 2 atom stereocenters. The first-order valence-corrected chi connectivity index (χ1v) is 14.2. The van der Waals surface area contributed by atoms with Crippen LogP contribution in [0.1, 0.15) is 30.4 Å². The molecule has 0 radical (unpaired) electrons. The van der Waals surface area contributed by atoms with Crippen LogP contribution in [0.25, 0.3) is 32.9 Å². The smallest absolute Gasteiger partial charge is 0.316 e. The molecule has 7 nitrogen and oxygen atoms in total. The minimum Gasteiger partial charge on any atom is -0.508 e. The third-order valence-corrected chi connectivity index (χ3v) is 7.97. The number of phenols is 1. The molecule has 7 rings (SSSR count). The molecule has 0 bridgehead atoms. The first-order chi connectivity index (χ1) is 20.9. The highest BCUT2D eigenvalue weighted by Gasteiger charge is 2.34. The van der Waals surface area contributed by atoms with Gasteiger partial charge in [0.15, 0.2) is 0 Å². The number of anilines is 1. The Balaban J connectivity index is 0.000000310. The van der Waals surface area contributed by atoms with Crippen LogP contribution in [0.4, 0.5) is 14.6 Å². The van der Waals surface area contributed by atoms with Gasteiger partial charge in [0, 0.05) is 36.3 Å². The van der Waals surface area contributed by atoms with Crippen LogP contribution in [0.2, 0.25) is 0 Å². The minimum absolute atomic E-state index is 0.0121. The van der Waals surface area contributed by atoms with Gasteiger partial charge in [-0.3, -0.25) is 4.90 Å². The Kier molecular flexibility index (Phi) is 8.03. The Labute approximate surface area is 248 Å². The van der Waals surface area contributed by atoms with E-state index in [1.807, 2.05) is 30.3 Å². The number of benzene rings is 3. The Morgan fingerprint density at radius 1 is 1.14 bits per heavy atom. The first kappa shape index (κ1) is 28.3. The predicted molar refractivity (Wildman–Crippen MR) is 164 cm³/mol. The minimum atomic E-state index is -0.519. The molecule has 2 saturated heterocycles. The number of fused-ring (bicyclic) bond motifs is 3. The number of terminal acetylenes is 1. The maximum atomic E-state index is 14.6. The number of nitrogens with one attached hydrogen (secondary N) is 1. The van der Waals surface area contributed by atoms with E-state index in [4.69, 9.17) is 16.1 Å². The lowest BCUT2D eigenvalue weighted by molar-refractivity contribution is 0.292. The third kappa shape index (κ3) is 5.92. The fourth-order valence-corrected chi connectivity index (χ4v) is 5.96. The summed E-state index contributed by atoms with van der Waals surface area (Å²) >= 11 is 0. The molecule has 43 heavy (non-hydrogen) atoms. The SMILES string of the molecule is C#Cc1c(F)ccc2cc(O)cc(-c3cc4nc(OC)ncc4c(NCc4ccccc4)n3)c12.FC1CC2CCCN2C1. The zero-order chi connectivity index (χ0) is 29.9. The molecule has 4 heterocycles. The van der Waals surface area contributed by atoms with Gasteiger partial charge in [0.1, 0.15) is 23.6 Å². The van der Waals surface area contributed by atoms with Gasteiger partial charge in [0.25, 0.3) is 0 Å². The molecule has 5 aromatic rings. The topological polar surface area (TPSA) is 83.4 Å². The van der Waals surface area contributed by atoms with Gasteiger partial charge < -0.3 is 15.2 Å². The van der Waals surface area contributed by atoms with E-state index < -0.39 is 12.0 Å². The molecule has 218 valence electrons. The summed E-state index contributed by atoms with van der Waals surface area (Å²) in [5, 5.41) is 15.5. The van der Waals surface area contributed by atoms with Gasteiger partial charge in [-0.2, -0.15) is 4.98 Å². The number of aromatic hydroxyl groups is 1. The summed E-state index contributed by atoms with van der Waals surface area (Å²) < 4.78 is 32.4. The summed E-state index contributed by atoms with van der Waals surface area (Å²) in [7, 11) is 1.49. The average Bonchev–Trinajstić information content (AvgIpc) is 3.61. The summed E-state index contributed by atoms with van der Waals surface area (Å²) in [5.41, 5.74) is 2.70. The van der Waals surface area contributed by atoms with Crippen LogP contribution < -0.4 is 10.1 Å². The summed E-state index contributed by atoms with van der Waals surface area (Å²) in [6.07, 6.45) is 10.1. The lowest BCUT2D eigenvalue weighted by atomic mass is 9.96. The predicted octanol–water partition coefficient (Wildman–Crippen LogP) is 6.48. The summed E-state index contributed by atoms with van der Waals surface area (Å²) in [6.45, 7) is 2.37. The molecule has 0 amide bonds. The van der Waals surface area contributed by atoms with Crippen molar-refractivity contribution in [2.75, 3.05) is 25.5 Å². The van der Waals surface area contributed by atoms with Crippen molar-refractivity contribution < 1.29 is 18.6 Å². The van der Waals surface area contributed by atoms with Gasteiger partial charge in [0.05, 0.1) is 29.3 Å². The van der Waals surface area contributed by atoms with Crippen molar-refractivity contribution in [1.82, 2.24) is 19.9 Å². The number of nitrogens with zero attached hydrogens (tertiary/aromatic N) is 4. The quantitative estimate of drug-likeness (QED) is 0.231. The number of hydrogen-bond acceptors (Lipinski definition) is 7.